The predicted octanol–water partition coefficient (Wildman–Crippen LogP) is 2.61. The molecule has 0 aliphatic heterocycles. The lowest BCUT2D eigenvalue weighted by Gasteiger charge is -2.09. The number of imidazole rings is 1. The lowest BCUT2D eigenvalue weighted by molar-refractivity contribution is 0.140. The van der Waals surface area contributed by atoms with Gasteiger partial charge in [-0.2, -0.15) is 0 Å². The Labute approximate surface area is 105 Å². The minimum Gasteiger partial charge on any atom is -0.449 e. The van der Waals surface area contributed by atoms with Gasteiger partial charge in [0.2, 0.25) is 5.88 Å². The Hall–Kier alpha value is -2.30. The molecule has 1 aromatic carbocycles. The minimum atomic E-state index is -1.33. The molecule has 0 spiro atoms. The summed E-state index contributed by atoms with van der Waals surface area (Å²) in [5.41, 5.74) is 2.25. The highest BCUT2D eigenvalue weighted by molar-refractivity contribution is 5.60. The molecule has 1 heterocycles. The summed E-state index contributed by atoms with van der Waals surface area (Å²) in [5.74, 6) is 0.951. The zero-order valence-corrected chi connectivity index (χ0v) is 10.3. The lowest BCUT2D eigenvalue weighted by Crippen LogP contribution is -2.10. The minimum absolute atomic E-state index is 0.237. The fourth-order valence-electron chi connectivity index (χ4n) is 1.69. The largest absolute Gasteiger partial charge is 0.512 e. The Bertz CT molecular complexity index is 558. The average Bonchev–Trinajstić information content (AvgIpc) is 2.64. The molecule has 0 atom stereocenters. The molecule has 18 heavy (non-hydrogen) atoms. The Morgan fingerprint density at radius 1 is 1.33 bits per heavy atom. The van der Waals surface area contributed by atoms with E-state index in [1.54, 1.807) is 4.57 Å². The maximum Gasteiger partial charge on any atom is 0.512 e. The van der Waals surface area contributed by atoms with Gasteiger partial charge in [0.1, 0.15) is 5.82 Å². The zero-order valence-electron chi connectivity index (χ0n) is 10.3. The number of rotatable bonds is 3. The quantitative estimate of drug-likeness (QED) is 0.845. The van der Waals surface area contributed by atoms with Crippen molar-refractivity contribution < 1.29 is 14.6 Å². The van der Waals surface area contributed by atoms with Crippen LogP contribution in [0.4, 0.5) is 4.79 Å². The van der Waals surface area contributed by atoms with E-state index < -0.39 is 6.16 Å². The molecule has 0 unspecified atom stereocenters. The smallest absolute Gasteiger partial charge is 0.449 e. The monoisotopic (exact) mass is 246 g/mol. The number of carbonyl (C=O) groups is 1. The maximum atomic E-state index is 10.6. The van der Waals surface area contributed by atoms with Crippen LogP contribution in [0.25, 0.3) is 0 Å². The first-order chi connectivity index (χ1) is 8.56. The van der Waals surface area contributed by atoms with Crippen molar-refractivity contribution in [2.75, 3.05) is 0 Å². The normalized spacial score (nSPS) is 10.3. The van der Waals surface area contributed by atoms with E-state index in [1.807, 2.05) is 38.1 Å². The number of nitrogens with zero attached hydrogens (tertiary/aromatic N) is 2. The Balaban J connectivity index is 2.25. The van der Waals surface area contributed by atoms with Gasteiger partial charge in [-0.3, -0.25) is 4.57 Å². The molecule has 0 saturated heterocycles. The van der Waals surface area contributed by atoms with Crippen LogP contribution in [-0.4, -0.2) is 20.8 Å². The number of hydrogen-bond donors (Lipinski definition) is 1. The molecule has 0 aliphatic carbocycles. The SMILES string of the molecule is Cc1ccc(Cn2c(OC(=O)O)cnc2C)cc1. The summed E-state index contributed by atoms with van der Waals surface area (Å²) in [6.45, 7) is 4.36. The third-order valence-corrected chi connectivity index (χ3v) is 2.67. The first-order valence-electron chi connectivity index (χ1n) is 5.54. The van der Waals surface area contributed by atoms with Gasteiger partial charge in [-0.1, -0.05) is 29.8 Å². The van der Waals surface area contributed by atoms with Crippen LogP contribution in [0.3, 0.4) is 0 Å². The van der Waals surface area contributed by atoms with Crippen molar-refractivity contribution in [2.45, 2.75) is 20.4 Å². The summed E-state index contributed by atoms with van der Waals surface area (Å²) in [4.78, 5) is 14.6. The van der Waals surface area contributed by atoms with E-state index in [2.05, 4.69) is 9.72 Å². The lowest BCUT2D eigenvalue weighted by atomic mass is 10.1. The van der Waals surface area contributed by atoms with Gasteiger partial charge >= 0.3 is 6.16 Å². The Kier molecular flexibility index (Phi) is 3.32. The van der Waals surface area contributed by atoms with E-state index in [4.69, 9.17) is 5.11 Å². The van der Waals surface area contributed by atoms with E-state index >= 15 is 0 Å². The van der Waals surface area contributed by atoms with Crippen molar-refractivity contribution >= 4 is 6.16 Å². The molecule has 94 valence electrons. The second kappa shape index (κ2) is 4.91. The van der Waals surface area contributed by atoms with Gasteiger partial charge < -0.3 is 9.84 Å². The first kappa shape index (κ1) is 12.2. The number of carboxylic acid groups (broad SMARTS) is 1. The molecule has 5 nitrogen and oxygen atoms in total. The highest BCUT2D eigenvalue weighted by Gasteiger charge is 2.11. The third kappa shape index (κ3) is 2.68. The average molecular weight is 246 g/mol. The molecule has 0 radical (unpaired) electrons. The van der Waals surface area contributed by atoms with E-state index in [-0.39, 0.29) is 5.88 Å². The summed E-state index contributed by atoms with van der Waals surface area (Å²) >= 11 is 0. The fraction of sp³-hybridized carbons (Fsp3) is 0.231. The summed E-state index contributed by atoms with van der Waals surface area (Å²) < 4.78 is 6.40. The van der Waals surface area contributed by atoms with Crippen LogP contribution in [0, 0.1) is 13.8 Å². The second-order valence-electron chi connectivity index (χ2n) is 4.08. The van der Waals surface area contributed by atoms with Crippen molar-refractivity contribution in [1.29, 1.82) is 0 Å². The van der Waals surface area contributed by atoms with Crippen molar-refractivity contribution in [3.05, 3.63) is 47.4 Å². The molecular weight excluding hydrogens is 232 g/mol. The number of aryl methyl sites for hydroxylation is 2. The molecule has 0 fully saturated rings. The van der Waals surface area contributed by atoms with Gasteiger partial charge in [-0.25, -0.2) is 9.78 Å². The summed E-state index contributed by atoms with van der Waals surface area (Å²) in [6.07, 6.45) is 0.0810. The number of benzene rings is 1. The van der Waals surface area contributed by atoms with Crippen molar-refractivity contribution in [1.82, 2.24) is 9.55 Å². The van der Waals surface area contributed by atoms with Crippen molar-refractivity contribution in [3.8, 4) is 5.88 Å². The Morgan fingerprint density at radius 3 is 2.61 bits per heavy atom. The molecule has 0 amide bonds. The highest BCUT2D eigenvalue weighted by Crippen LogP contribution is 2.16. The Morgan fingerprint density at radius 2 is 2.00 bits per heavy atom. The molecule has 5 heteroatoms. The van der Waals surface area contributed by atoms with Crippen molar-refractivity contribution in [2.24, 2.45) is 0 Å². The predicted molar refractivity (Wildman–Crippen MR) is 65.9 cm³/mol. The van der Waals surface area contributed by atoms with E-state index in [1.165, 1.54) is 11.8 Å². The van der Waals surface area contributed by atoms with Gasteiger partial charge in [0.05, 0.1) is 12.7 Å². The fourth-order valence-corrected chi connectivity index (χ4v) is 1.69. The molecule has 0 saturated carbocycles. The number of hydrogen-bond acceptors (Lipinski definition) is 3. The van der Waals surface area contributed by atoms with E-state index in [0.29, 0.717) is 12.4 Å². The van der Waals surface area contributed by atoms with Crippen LogP contribution in [0.15, 0.2) is 30.5 Å². The topological polar surface area (TPSA) is 64.3 Å². The van der Waals surface area contributed by atoms with Crippen LogP contribution < -0.4 is 4.74 Å². The van der Waals surface area contributed by atoms with Crippen LogP contribution in [-0.2, 0) is 6.54 Å². The van der Waals surface area contributed by atoms with Gasteiger partial charge in [0.25, 0.3) is 0 Å². The molecule has 0 bridgehead atoms. The molecule has 2 rings (SSSR count). The zero-order chi connectivity index (χ0) is 13.1. The van der Waals surface area contributed by atoms with Crippen LogP contribution in [0.1, 0.15) is 17.0 Å². The summed E-state index contributed by atoms with van der Waals surface area (Å²) in [6, 6.07) is 8.03. The molecule has 1 aromatic heterocycles. The summed E-state index contributed by atoms with van der Waals surface area (Å²) in [7, 11) is 0. The number of ether oxygens (including phenoxy) is 1. The van der Waals surface area contributed by atoms with E-state index in [0.717, 1.165) is 5.56 Å². The van der Waals surface area contributed by atoms with Crippen LogP contribution in [0.2, 0.25) is 0 Å². The second-order valence-corrected chi connectivity index (χ2v) is 4.08. The van der Waals surface area contributed by atoms with Crippen LogP contribution in [0.5, 0.6) is 5.88 Å². The summed E-state index contributed by atoms with van der Waals surface area (Å²) in [5, 5.41) is 8.64. The van der Waals surface area contributed by atoms with Gasteiger partial charge in [-0.05, 0) is 19.4 Å². The third-order valence-electron chi connectivity index (χ3n) is 2.67. The van der Waals surface area contributed by atoms with Gasteiger partial charge in [0, 0.05) is 0 Å². The maximum absolute atomic E-state index is 10.6. The highest BCUT2D eigenvalue weighted by atomic mass is 16.7. The van der Waals surface area contributed by atoms with Gasteiger partial charge in [-0.15, -0.1) is 0 Å². The van der Waals surface area contributed by atoms with Crippen molar-refractivity contribution in [3.63, 3.8) is 0 Å². The molecule has 0 aliphatic rings. The molecule has 1 N–H and O–H groups in total. The molecule has 2 aromatic rings. The van der Waals surface area contributed by atoms with Crippen LogP contribution >= 0.6 is 0 Å². The first-order valence-corrected chi connectivity index (χ1v) is 5.54. The number of aromatic nitrogens is 2. The van der Waals surface area contributed by atoms with E-state index in [9.17, 15) is 4.79 Å². The standard InChI is InChI=1S/C13H14N2O3/c1-9-3-5-11(6-4-9)8-15-10(2)14-7-12(15)18-13(16)17/h3-7H,8H2,1-2H3,(H,16,17). The molecular formula is C13H14N2O3. The van der Waals surface area contributed by atoms with Gasteiger partial charge in [0.15, 0.2) is 0 Å².